The molecule has 0 amide bonds. The van der Waals surface area contributed by atoms with Crippen LogP contribution in [0.3, 0.4) is 0 Å². The van der Waals surface area contributed by atoms with Crippen LogP contribution in [0.4, 0.5) is 0 Å². The number of nitrogens with zero attached hydrogens (tertiary/aromatic N) is 3. The molecule has 0 bridgehead atoms. The number of hydrogen-bond donors (Lipinski definition) is 3. The summed E-state index contributed by atoms with van der Waals surface area (Å²) in [5.74, 6) is -0.0876. The van der Waals surface area contributed by atoms with Gasteiger partial charge >= 0.3 is 5.69 Å². The summed E-state index contributed by atoms with van der Waals surface area (Å²) in [6.07, 6.45) is 2.43. The number of nitrogens with one attached hydrogen (secondary N) is 2. The summed E-state index contributed by atoms with van der Waals surface area (Å²) < 4.78 is 1.58. The zero-order chi connectivity index (χ0) is 13.8. The third-order valence-electron chi connectivity index (χ3n) is 2.39. The Kier molecular flexibility index (Phi) is 4.00. The van der Waals surface area contributed by atoms with Crippen LogP contribution in [0.2, 0.25) is 0 Å². The molecule has 0 saturated carbocycles. The molecule has 19 heavy (non-hydrogen) atoms. The second-order valence-electron chi connectivity index (χ2n) is 3.86. The molecule has 0 unspecified atom stereocenters. The monoisotopic (exact) mass is 278 g/mol. The Morgan fingerprint density at radius 2 is 2.42 bits per heavy atom. The largest absolute Gasteiger partial charge is 0.382 e. The number of rotatable bonds is 5. The minimum atomic E-state index is -0.217. The van der Waals surface area contributed by atoms with Crippen LogP contribution in [0.5, 0.6) is 0 Å². The fourth-order valence-corrected chi connectivity index (χ4v) is 2.42. The average molecular weight is 278 g/mol. The van der Waals surface area contributed by atoms with Gasteiger partial charge in [-0.2, -0.15) is 0 Å². The van der Waals surface area contributed by atoms with Gasteiger partial charge in [-0.15, -0.1) is 5.10 Å². The molecule has 7 nitrogen and oxygen atoms in total. The number of hydrogen-bond acceptors (Lipinski definition) is 5. The second-order valence-corrected chi connectivity index (χ2v) is 4.90. The van der Waals surface area contributed by atoms with E-state index in [4.69, 9.17) is 11.1 Å². The highest BCUT2D eigenvalue weighted by atomic mass is 32.2. The van der Waals surface area contributed by atoms with Crippen molar-refractivity contribution in [3.05, 3.63) is 34.5 Å². The molecule has 0 radical (unpaired) electrons. The Labute approximate surface area is 113 Å². The molecule has 0 saturated heterocycles. The maximum absolute atomic E-state index is 11.6. The summed E-state index contributed by atoms with van der Waals surface area (Å²) in [7, 11) is 0. The van der Waals surface area contributed by atoms with Crippen LogP contribution in [-0.2, 0) is 6.54 Å². The minimum Gasteiger partial charge on any atom is -0.382 e. The highest BCUT2D eigenvalue weighted by molar-refractivity contribution is 7.99. The smallest absolute Gasteiger partial charge is 0.343 e. The summed E-state index contributed by atoms with van der Waals surface area (Å²) in [6, 6.07) is 3.48. The van der Waals surface area contributed by atoms with E-state index >= 15 is 0 Å². The Morgan fingerprint density at radius 1 is 1.63 bits per heavy atom. The second kappa shape index (κ2) is 5.70. The molecule has 0 aliphatic rings. The first kappa shape index (κ1) is 13.3. The fourth-order valence-electron chi connectivity index (χ4n) is 1.53. The van der Waals surface area contributed by atoms with E-state index in [9.17, 15) is 4.79 Å². The van der Waals surface area contributed by atoms with Gasteiger partial charge in [-0.3, -0.25) is 15.0 Å². The molecule has 2 aromatic heterocycles. The zero-order valence-electron chi connectivity index (χ0n) is 10.4. The van der Waals surface area contributed by atoms with Gasteiger partial charge in [0.25, 0.3) is 0 Å². The summed E-state index contributed by atoms with van der Waals surface area (Å²) in [5, 5.41) is 14.4. The van der Waals surface area contributed by atoms with Gasteiger partial charge in [-0.05, 0) is 30.3 Å². The van der Waals surface area contributed by atoms with Gasteiger partial charge in [0.15, 0.2) is 5.16 Å². The Morgan fingerprint density at radius 3 is 3.11 bits per heavy atom. The van der Waals surface area contributed by atoms with Crippen molar-refractivity contribution < 1.29 is 0 Å². The molecule has 100 valence electrons. The number of aromatic nitrogens is 4. The normalized spacial score (nSPS) is 10.6. The molecule has 2 heterocycles. The first-order chi connectivity index (χ1) is 9.11. The number of nitrogen functional groups attached to an aromatic ring is 1. The molecule has 8 heteroatoms. The maximum atomic E-state index is 11.6. The lowest BCUT2D eigenvalue weighted by Gasteiger charge is -2.04. The van der Waals surface area contributed by atoms with E-state index in [-0.39, 0.29) is 11.5 Å². The highest BCUT2D eigenvalue weighted by Crippen LogP contribution is 2.25. The standard InChI is InChI=1S/C11H14N6OS/c1-2-5-17-10(18)15-16-11(17)19-7-3-4-14-8(6-7)9(12)13/h3-4,6H,2,5H2,1H3,(H3,12,13)(H,15,18). The molecule has 0 atom stereocenters. The van der Waals surface area contributed by atoms with E-state index in [2.05, 4.69) is 15.2 Å². The summed E-state index contributed by atoms with van der Waals surface area (Å²) in [4.78, 5) is 16.4. The third kappa shape index (κ3) is 3.02. The number of nitrogens with two attached hydrogens (primary N) is 1. The summed E-state index contributed by atoms with van der Waals surface area (Å²) >= 11 is 1.33. The molecule has 0 aliphatic heterocycles. The number of aromatic amines is 1. The predicted molar refractivity (Wildman–Crippen MR) is 72.5 cm³/mol. The van der Waals surface area contributed by atoms with Gasteiger partial charge in [0.1, 0.15) is 11.5 Å². The van der Waals surface area contributed by atoms with Gasteiger partial charge in [0, 0.05) is 17.6 Å². The Hall–Kier alpha value is -2.09. The van der Waals surface area contributed by atoms with E-state index < -0.39 is 0 Å². The highest BCUT2D eigenvalue weighted by Gasteiger charge is 2.10. The number of amidine groups is 1. The predicted octanol–water partition coefficient (Wildman–Crippen LogP) is 0.812. The first-order valence-electron chi connectivity index (χ1n) is 5.75. The van der Waals surface area contributed by atoms with Crippen LogP contribution >= 0.6 is 11.8 Å². The third-order valence-corrected chi connectivity index (χ3v) is 3.37. The van der Waals surface area contributed by atoms with Crippen molar-refractivity contribution in [2.45, 2.75) is 29.9 Å². The Balaban J connectivity index is 2.28. The van der Waals surface area contributed by atoms with Crippen molar-refractivity contribution in [3.8, 4) is 0 Å². The van der Waals surface area contributed by atoms with E-state index in [0.29, 0.717) is 17.4 Å². The van der Waals surface area contributed by atoms with E-state index in [1.165, 1.54) is 11.8 Å². The molecule has 0 fully saturated rings. The average Bonchev–Trinajstić information content (AvgIpc) is 2.72. The van der Waals surface area contributed by atoms with Crippen molar-refractivity contribution in [2.24, 2.45) is 5.73 Å². The molecule has 4 N–H and O–H groups in total. The molecular weight excluding hydrogens is 264 g/mol. The van der Waals surface area contributed by atoms with Gasteiger partial charge in [-0.1, -0.05) is 6.92 Å². The first-order valence-corrected chi connectivity index (χ1v) is 6.57. The number of H-pyrrole nitrogens is 1. The number of pyridine rings is 1. The topological polar surface area (TPSA) is 113 Å². The van der Waals surface area contributed by atoms with E-state index in [1.54, 1.807) is 22.9 Å². The lowest BCUT2D eigenvalue weighted by atomic mass is 10.3. The molecular formula is C11H14N6OS. The summed E-state index contributed by atoms with van der Waals surface area (Å²) in [6.45, 7) is 2.61. The van der Waals surface area contributed by atoms with Gasteiger partial charge < -0.3 is 5.73 Å². The van der Waals surface area contributed by atoms with Gasteiger partial charge in [0.2, 0.25) is 0 Å². The van der Waals surface area contributed by atoms with Crippen molar-refractivity contribution in [1.29, 1.82) is 5.41 Å². The molecule has 2 aromatic rings. The SMILES string of the molecule is CCCn1c(Sc2ccnc(C(=N)N)c2)n[nH]c1=O. The van der Waals surface area contributed by atoms with Crippen LogP contribution in [0, 0.1) is 5.41 Å². The molecule has 0 aromatic carbocycles. The molecule has 0 spiro atoms. The van der Waals surface area contributed by atoms with Crippen molar-refractivity contribution >= 4 is 17.6 Å². The van der Waals surface area contributed by atoms with Crippen molar-refractivity contribution in [3.63, 3.8) is 0 Å². The zero-order valence-corrected chi connectivity index (χ0v) is 11.2. The van der Waals surface area contributed by atoms with Crippen LogP contribution in [0.25, 0.3) is 0 Å². The van der Waals surface area contributed by atoms with E-state index in [1.807, 2.05) is 6.92 Å². The van der Waals surface area contributed by atoms with Crippen LogP contribution < -0.4 is 11.4 Å². The molecule has 0 aliphatic carbocycles. The van der Waals surface area contributed by atoms with Gasteiger partial charge in [-0.25, -0.2) is 9.89 Å². The lowest BCUT2D eigenvalue weighted by Crippen LogP contribution is -2.17. The minimum absolute atomic E-state index is 0.0876. The van der Waals surface area contributed by atoms with Crippen LogP contribution in [0.15, 0.2) is 33.2 Å². The van der Waals surface area contributed by atoms with Gasteiger partial charge in [0.05, 0.1) is 0 Å². The quantitative estimate of drug-likeness (QED) is 0.553. The van der Waals surface area contributed by atoms with Crippen LogP contribution in [-0.4, -0.2) is 25.6 Å². The lowest BCUT2D eigenvalue weighted by molar-refractivity contribution is 0.604. The van der Waals surface area contributed by atoms with Crippen molar-refractivity contribution in [2.75, 3.05) is 0 Å². The maximum Gasteiger partial charge on any atom is 0.343 e. The summed E-state index contributed by atoms with van der Waals surface area (Å²) in [5.41, 5.74) is 5.58. The molecule has 2 rings (SSSR count). The van der Waals surface area contributed by atoms with E-state index in [0.717, 1.165) is 11.3 Å². The van der Waals surface area contributed by atoms with Crippen LogP contribution in [0.1, 0.15) is 19.0 Å². The fraction of sp³-hybridized carbons (Fsp3) is 0.273. The van der Waals surface area contributed by atoms with Crippen molar-refractivity contribution in [1.82, 2.24) is 19.7 Å². The Bertz CT molecular complexity index is 647.